The predicted octanol–water partition coefficient (Wildman–Crippen LogP) is 2.51. The van der Waals surface area contributed by atoms with Crippen molar-refractivity contribution in [3.63, 3.8) is 0 Å². The van der Waals surface area contributed by atoms with Gasteiger partial charge < -0.3 is 19.9 Å². The third-order valence-corrected chi connectivity index (χ3v) is 4.66. The maximum atomic E-state index is 9.66. The van der Waals surface area contributed by atoms with Crippen molar-refractivity contribution in [2.45, 2.75) is 38.8 Å². The summed E-state index contributed by atoms with van der Waals surface area (Å²) in [6, 6.07) is 4.14. The Morgan fingerprint density at radius 2 is 1.96 bits per heavy atom. The Labute approximate surface area is 151 Å². The number of aromatic nitrogens is 5. The SMILES string of the molecule is CC(C)n1cnc2cnc(Nc3ccnc(N4CCC(O)CC4)n3)cc21. The molecule has 3 aromatic rings. The van der Waals surface area contributed by atoms with E-state index >= 15 is 0 Å². The minimum absolute atomic E-state index is 0.214. The van der Waals surface area contributed by atoms with E-state index < -0.39 is 0 Å². The van der Waals surface area contributed by atoms with E-state index in [0.29, 0.717) is 17.8 Å². The fourth-order valence-corrected chi connectivity index (χ4v) is 3.18. The monoisotopic (exact) mass is 353 g/mol. The van der Waals surface area contributed by atoms with Crippen LogP contribution in [0.4, 0.5) is 17.6 Å². The highest BCUT2D eigenvalue weighted by Gasteiger charge is 2.19. The van der Waals surface area contributed by atoms with E-state index in [0.717, 1.165) is 42.8 Å². The lowest BCUT2D eigenvalue weighted by atomic mass is 10.1. The largest absolute Gasteiger partial charge is 0.393 e. The molecule has 2 N–H and O–H groups in total. The number of aliphatic hydroxyl groups is 1. The summed E-state index contributed by atoms with van der Waals surface area (Å²) in [5.41, 5.74) is 1.91. The van der Waals surface area contributed by atoms with Gasteiger partial charge >= 0.3 is 0 Å². The Kier molecular flexibility index (Phi) is 4.42. The second kappa shape index (κ2) is 6.87. The highest BCUT2D eigenvalue weighted by atomic mass is 16.3. The number of imidazole rings is 1. The number of fused-ring (bicyclic) bond motifs is 1. The lowest BCUT2D eigenvalue weighted by Gasteiger charge is -2.29. The molecule has 4 heterocycles. The molecule has 8 heteroatoms. The van der Waals surface area contributed by atoms with Crippen molar-refractivity contribution >= 4 is 28.6 Å². The Bertz CT molecular complexity index is 899. The number of aliphatic hydroxyl groups excluding tert-OH is 1. The number of piperidine rings is 1. The molecular formula is C18H23N7O. The van der Waals surface area contributed by atoms with Gasteiger partial charge in [0.05, 0.1) is 24.1 Å². The summed E-state index contributed by atoms with van der Waals surface area (Å²) in [4.78, 5) is 19.9. The van der Waals surface area contributed by atoms with E-state index in [2.05, 4.69) is 48.6 Å². The average molecular weight is 353 g/mol. The van der Waals surface area contributed by atoms with Crippen molar-refractivity contribution in [2.24, 2.45) is 0 Å². The first-order valence-electron chi connectivity index (χ1n) is 8.96. The zero-order chi connectivity index (χ0) is 18.1. The molecule has 1 aliphatic heterocycles. The fourth-order valence-electron chi connectivity index (χ4n) is 3.18. The van der Waals surface area contributed by atoms with Crippen molar-refractivity contribution in [1.82, 2.24) is 24.5 Å². The molecule has 0 aromatic carbocycles. The Balaban J connectivity index is 1.56. The molecule has 0 atom stereocenters. The van der Waals surface area contributed by atoms with Gasteiger partial charge in [-0.2, -0.15) is 4.98 Å². The molecule has 4 rings (SSSR count). The molecule has 1 saturated heterocycles. The van der Waals surface area contributed by atoms with Gasteiger partial charge in [0.2, 0.25) is 5.95 Å². The van der Waals surface area contributed by atoms with Crippen LogP contribution < -0.4 is 10.2 Å². The van der Waals surface area contributed by atoms with Gasteiger partial charge in [0, 0.05) is 31.4 Å². The van der Waals surface area contributed by atoms with Crippen molar-refractivity contribution in [2.75, 3.05) is 23.3 Å². The second-order valence-corrected chi connectivity index (χ2v) is 6.89. The molecule has 136 valence electrons. The zero-order valence-electron chi connectivity index (χ0n) is 15.0. The second-order valence-electron chi connectivity index (χ2n) is 6.89. The number of anilines is 3. The first kappa shape index (κ1) is 16.7. The molecule has 1 fully saturated rings. The molecule has 0 bridgehead atoms. The summed E-state index contributed by atoms with van der Waals surface area (Å²) in [5, 5.41) is 12.9. The van der Waals surface area contributed by atoms with E-state index in [4.69, 9.17) is 0 Å². The van der Waals surface area contributed by atoms with Gasteiger partial charge in [-0.15, -0.1) is 0 Å². The molecule has 0 spiro atoms. The smallest absolute Gasteiger partial charge is 0.227 e. The summed E-state index contributed by atoms with van der Waals surface area (Å²) in [5.74, 6) is 2.09. The van der Waals surface area contributed by atoms with Gasteiger partial charge in [-0.1, -0.05) is 0 Å². The first-order chi connectivity index (χ1) is 12.6. The molecule has 26 heavy (non-hydrogen) atoms. The zero-order valence-corrected chi connectivity index (χ0v) is 15.0. The molecule has 0 amide bonds. The maximum absolute atomic E-state index is 9.66. The van der Waals surface area contributed by atoms with Gasteiger partial charge in [0.25, 0.3) is 0 Å². The highest BCUT2D eigenvalue weighted by molar-refractivity contribution is 5.78. The molecule has 3 aromatic heterocycles. The predicted molar refractivity (Wildman–Crippen MR) is 101 cm³/mol. The van der Waals surface area contributed by atoms with Crippen LogP contribution >= 0.6 is 0 Å². The number of nitrogens with one attached hydrogen (secondary N) is 1. The van der Waals surface area contributed by atoms with Crippen LogP contribution in [0, 0.1) is 0 Å². The van der Waals surface area contributed by atoms with E-state index in [1.807, 2.05) is 18.5 Å². The van der Waals surface area contributed by atoms with E-state index in [-0.39, 0.29) is 6.10 Å². The van der Waals surface area contributed by atoms with E-state index in [1.165, 1.54) is 0 Å². The standard InChI is InChI=1S/C18H23N7O/c1-12(2)25-11-21-14-10-20-17(9-15(14)25)22-16-3-6-19-18(23-16)24-7-4-13(26)5-8-24/h3,6,9-13,26H,4-5,7-8H2,1-2H3,(H,19,20,22,23). The Hall–Kier alpha value is -2.74. The van der Waals surface area contributed by atoms with Gasteiger partial charge in [-0.3, -0.25) is 0 Å². The van der Waals surface area contributed by atoms with Gasteiger partial charge in [-0.25, -0.2) is 15.0 Å². The minimum Gasteiger partial charge on any atom is -0.393 e. The van der Waals surface area contributed by atoms with Gasteiger partial charge in [0.1, 0.15) is 17.2 Å². The Morgan fingerprint density at radius 1 is 1.15 bits per heavy atom. The average Bonchev–Trinajstić information content (AvgIpc) is 3.06. The molecule has 0 radical (unpaired) electrons. The third-order valence-electron chi connectivity index (χ3n) is 4.66. The normalized spacial score (nSPS) is 15.8. The third kappa shape index (κ3) is 3.32. The van der Waals surface area contributed by atoms with Gasteiger partial charge in [0.15, 0.2) is 0 Å². The fraction of sp³-hybridized carbons (Fsp3) is 0.444. The maximum Gasteiger partial charge on any atom is 0.227 e. The van der Waals surface area contributed by atoms with Crippen LogP contribution in [0.1, 0.15) is 32.7 Å². The van der Waals surface area contributed by atoms with Crippen LogP contribution in [-0.4, -0.2) is 48.8 Å². The van der Waals surface area contributed by atoms with Crippen molar-refractivity contribution in [3.8, 4) is 0 Å². The van der Waals surface area contributed by atoms with Crippen LogP contribution in [0.25, 0.3) is 11.0 Å². The van der Waals surface area contributed by atoms with Gasteiger partial charge in [-0.05, 0) is 32.8 Å². The first-order valence-corrected chi connectivity index (χ1v) is 8.96. The molecule has 0 saturated carbocycles. The molecule has 0 unspecified atom stereocenters. The number of hydrogen-bond acceptors (Lipinski definition) is 7. The van der Waals surface area contributed by atoms with Crippen LogP contribution in [0.15, 0.2) is 30.9 Å². The number of pyridine rings is 1. The summed E-state index contributed by atoms with van der Waals surface area (Å²) in [6.45, 7) is 5.78. The van der Waals surface area contributed by atoms with Crippen LogP contribution in [-0.2, 0) is 0 Å². The van der Waals surface area contributed by atoms with Crippen molar-refractivity contribution in [3.05, 3.63) is 30.9 Å². The van der Waals surface area contributed by atoms with Crippen LogP contribution in [0.3, 0.4) is 0 Å². The molecule has 1 aliphatic rings. The summed E-state index contributed by atoms with van der Waals surface area (Å²) < 4.78 is 2.12. The van der Waals surface area contributed by atoms with Crippen LogP contribution in [0.5, 0.6) is 0 Å². The molecular weight excluding hydrogens is 330 g/mol. The van der Waals surface area contributed by atoms with E-state index in [9.17, 15) is 5.11 Å². The summed E-state index contributed by atoms with van der Waals surface area (Å²) in [6.07, 6.45) is 6.64. The van der Waals surface area contributed by atoms with Crippen molar-refractivity contribution < 1.29 is 5.11 Å². The Morgan fingerprint density at radius 3 is 2.73 bits per heavy atom. The van der Waals surface area contributed by atoms with E-state index in [1.54, 1.807) is 12.4 Å². The lowest BCUT2D eigenvalue weighted by Crippen LogP contribution is -2.36. The minimum atomic E-state index is -0.214. The highest BCUT2D eigenvalue weighted by Crippen LogP contribution is 2.22. The number of nitrogens with zero attached hydrogens (tertiary/aromatic N) is 6. The summed E-state index contributed by atoms with van der Waals surface area (Å²) >= 11 is 0. The van der Waals surface area contributed by atoms with Crippen LogP contribution in [0.2, 0.25) is 0 Å². The molecule has 8 nitrogen and oxygen atoms in total. The number of rotatable bonds is 4. The topological polar surface area (TPSA) is 92.0 Å². The lowest BCUT2D eigenvalue weighted by molar-refractivity contribution is 0.145. The summed E-state index contributed by atoms with van der Waals surface area (Å²) in [7, 11) is 0. The molecule has 0 aliphatic carbocycles. The number of hydrogen-bond donors (Lipinski definition) is 2. The van der Waals surface area contributed by atoms with Crippen molar-refractivity contribution in [1.29, 1.82) is 0 Å². The quantitative estimate of drug-likeness (QED) is 0.744.